The molecule has 0 aliphatic heterocycles. The Balaban J connectivity index is 2.70. The molecule has 0 bridgehead atoms. The first-order valence-electron chi connectivity index (χ1n) is 7.38. The lowest BCUT2D eigenvalue weighted by molar-refractivity contribution is 0.0810. The van der Waals surface area contributed by atoms with Crippen LogP contribution in [0.5, 0.6) is 0 Å². The highest BCUT2D eigenvalue weighted by atomic mass is 32.1. The Labute approximate surface area is 130 Å². The van der Waals surface area contributed by atoms with Crippen molar-refractivity contribution in [3.63, 3.8) is 0 Å². The third-order valence-corrected chi connectivity index (χ3v) is 4.04. The van der Waals surface area contributed by atoms with Crippen LogP contribution in [-0.4, -0.2) is 36.7 Å². The molecule has 0 aromatic carbocycles. The van der Waals surface area contributed by atoms with Crippen LogP contribution in [-0.2, 0) is 4.74 Å². The summed E-state index contributed by atoms with van der Waals surface area (Å²) in [6.45, 7) is 10.0. The van der Waals surface area contributed by atoms with Gasteiger partial charge in [0.1, 0.15) is 10.7 Å². The lowest BCUT2D eigenvalue weighted by Gasteiger charge is -2.21. The van der Waals surface area contributed by atoms with Gasteiger partial charge in [-0.05, 0) is 19.3 Å². The molecule has 120 valence electrons. The molecular formula is C14H26N4O2S. The van der Waals surface area contributed by atoms with Crippen molar-refractivity contribution < 1.29 is 9.53 Å². The zero-order chi connectivity index (χ0) is 15.8. The Morgan fingerprint density at radius 2 is 2.14 bits per heavy atom. The quantitative estimate of drug-likeness (QED) is 0.651. The number of thiazole rings is 1. The third kappa shape index (κ3) is 5.51. The molecule has 0 saturated carbocycles. The van der Waals surface area contributed by atoms with E-state index in [0.717, 1.165) is 13.0 Å². The maximum Gasteiger partial charge on any atom is 0.265 e. The minimum atomic E-state index is -0.187. The first-order valence-corrected chi connectivity index (χ1v) is 8.19. The van der Waals surface area contributed by atoms with Crippen LogP contribution in [0.2, 0.25) is 0 Å². The van der Waals surface area contributed by atoms with Gasteiger partial charge in [0.2, 0.25) is 0 Å². The van der Waals surface area contributed by atoms with E-state index in [-0.39, 0.29) is 23.7 Å². The normalized spacial score (nSPS) is 12.4. The molecule has 0 fully saturated rings. The van der Waals surface area contributed by atoms with E-state index >= 15 is 0 Å². The van der Waals surface area contributed by atoms with Gasteiger partial charge in [0, 0.05) is 13.2 Å². The van der Waals surface area contributed by atoms with E-state index in [1.54, 1.807) is 0 Å². The van der Waals surface area contributed by atoms with Crippen molar-refractivity contribution in [3.8, 4) is 0 Å². The van der Waals surface area contributed by atoms with E-state index in [1.165, 1.54) is 11.3 Å². The number of amides is 1. The Bertz CT molecular complexity index is 448. The molecule has 6 nitrogen and oxygen atoms in total. The second-order valence-electron chi connectivity index (χ2n) is 5.14. The summed E-state index contributed by atoms with van der Waals surface area (Å²) in [7, 11) is 0. The average Bonchev–Trinajstić information content (AvgIpc) is 2.81. The number of aromatic nitrogens is 1. The van der Waals surface area contributed by atoms with Crippen molar-refractivity contribution in [2.24, 2.45) is 5.92 Å². The topological polar surface area (TPSA) is 89.3 Å². The number of carbonyl (C=O) groups is 1. The largest absolute Gasteiger partial charge is 0.382 e. The van der Waals surface area contributed by atoms with Crippen molar-refractivity contribution in [2.75, 3.05) is 30.8 Å². The summed E-state index contributed by atoms with van der Waals surface area (Å²) in [5.74, 6) is 0.371. The van der Waals surface area contributed by atoms with Gasteiger partial charge in [0.25, 0.3) is 5.91 Å². The predicted octanol–water partition coefficient (Wildman–Crippen LogP) is 2.34. The highest BCUT2D eigenvalue weighted by Crippen LogP contribution is 2.25. The number of nitrogens with zero attached hydrogens (tertiary/aromatic N) is 1. The molecule has 4 N–H and O–H groups in total. The summed E-state index contributed by atoms with van der Waals surface area (Å²) in [5.41, 5.74) is 5.83. The fraction of sp³-hybridized carbons (Fsp3) is 0.714. The molecule has 0 aliphatic carbocycles. The van der Waals surface area contributed by atoms with Crippen LogP contribution in [0.1, 0.15) is 43.8 Å². The predicted molar refractivity (Wildman–Crippen MR) is 87.9 cm³/mol. The van der Waals surface area contributed by atoms with Crippen LogP contribution >= 0.6 is 11.3 Å². The Morgan fingerprint density at radius 3 is 2.71 bits per heavy atom. The summed E-state index contributed by atoms with van der Waals surface area (Å²) in [5, 5.41) is 6.81. The number of hydrogen-bond acceptors (Lipinski definition) is 6. The van der Waals surface area contributed by atoms with Crippen molar-refractivity contribution in [1.82, 2.24) is 10.3 Å². The molecule has 0 saturated heterocycles. The fourth-order valence-corrected chi connectivity index (χ4v) is 2.50. The van der Waals surface area contributed by atoms with Crippen LogP contribution in [0, 0.1) is 5.92 Å². The minimum Gasteiger partial charge on any atom is -0.382 e. The van der Waals surface area contributed by atoms with E-state index in [2.05, 4.69) is 22.5 Å². The zero-order valence-corrected chi connectivity index (χ0v) is 14.0. The highest BCUT2D eigenvalue weighted by Gasteiger charge is 2.21. The molecule has 0 radical (unpaired) electrons. The van der Waals surface area contributed by atoms with Gasteiger partial charge in [-0.3, -0.25) is 4.79 Å². The molecule has 0 spiro atoms. The standard InChI is InChI=1S/C14H26N4O2S/c1-5-7-16-14-18-12(15)11(21-14)13(19)17-10(9(3)4)8-20-6-2/h9-10H,5-8,15H2,1-4H3,(H,16,18)(H,17,19). The van der Waals surface area contributed by atoms with Crippen LogP contribution in [0.15, 0.2) is 0 Å². The second kappa shape index (κ2) is 8.84. The second-order valence-corrected chi connectivity index (χ2v) is 6.14. The minimum absolute atomic E-state index is 0.0361. The first-order chi connectivity index (χ1) is 9.99. The number of carbonyl (C=O) groups excluding carboxylic acids is 1. The van der Waals surface area contributed by atoms with Gasteiger partial charge < -0.3 is 21.1 Å². The monoisotopic (exact) mass is 314 g/mol. The van der Waals surface area contributed by atoms with Crippen molar-refractivity contribution >= 4 is 28.2 Å². The molecule has 1 atom stereocenters. The molecule has 1 aromatic rings. The van der Waals surface area contributed by atoms with E-state index in [0.29, 0.717) is 23.2 Å². The summed E-state index contributed by atoms with van der Waals surface area (Å²) in [4.78, 5) is 17.0. The van der Waals surface area contributed by atoms with Gasteiger partial charge >= 0.3 is 0 Å². The number of nitrogens with two attached hydrogens (primary N) is 1. The van der Waals surface area contributed by atoms with E-state index in [4.69, 9.17) is 10.5 Å². The summed E-state index contributed by atoms with van der Waals surface area (Å²) in [6.07, 6.45) is 0.991. The summed E-state index contributed by atoms with van der Waals surface area (Å²) in [6, 6.07) is -0.0361. The number of nitrogen functional groups attached to an aromatic ring is 1. The lowest BCUT2D eigenvalue weighted by atomic mass is 10.1. The molecule has 21 heavy (non-hydrogen) atoms. The number of ether oxygens (including phenoxy) is 1. The van der Waals surface area contributed by atoms with Crippen molar-refractivity contribution in [3.05, 3.63) is 4.88 Å². The van der Waals surface area contributed by atoms with Gasteiger partial charge in [-0.2, -0.15) is 0 Å². The average molecular weight is 314 g/mol. The summed E-state index contributed by atoms with van der Waals surface area (Å²) < 4.78 is 5.41. The van der Waals surface area contributed by atoms with Crippen LogP contribution in [0.3, 0.4) is 0 Å². The van der Waals surface area contributed by atoms with Crippen LogP contribution < -0.4 is 16.4 Å². The van der Waals surface area contributed by atoms with Gasteiger partial charge in [0.05, 0.1) is 12.6 Å². The molecule has 1 unspecified atom stereocenters. The molecule has 7 heteroatoms. The summed E-state index contributed by atoms with van der Waals surface area (Å²) >= 11 is 1.29. The van der Waals surface area contributed by atoms with Crippen LogP contribution in [0.4, 0.5) is 10.9 Å². The van der Waals surface area contributed by atoms with Gasteiger partial charge in [-0.25, -0.2) is 4.98 Å². The highest BCUT2D eigenvalue weighted by molar-refractivity contribution is 7.18. The van der Waals surface area contributed by atoms with E-state index < -0.39 is 0 Å². The maximum atomic E-state index is 12.3. The van der Waals surface area contributed by atoms with Crippen LogP contribution in [0.25, 0.3) is 0 Å². The van der Waals surface area contributed by atoms with Gasteiger partial charge in [-0.1, -0.05) is 32.1 Å². The Hall–Kier alpha value is -1.34. The molecule has 1 aromatic heterocycles. The van der Waals surface area contributed by atoms with Crippen molar-refractivity contribution in [2.45, 2.75) is 40.2 Å². The van der Waals surface area contributed by atoms with E-state index in [9.17, 15) is 4.79 Å². The lowest BCUT2D eigenvalue weighted by Crippen LogP contribution is -2.41. The molecular weight excluding hydrogens is 288 g/mol. The smallest absolute Gasteiger partial charge is 0.265 e. The fourth-order valence-electron chi connectivity index (χ4n) is 1.68. The van der Waals surface area contributed by atoms with E-state index in [1.807, 2.05) is 20.8 Å². The number of anilines is 2. The molecule has 1 amide bonds. The number of nitrogens with one attached hydrogen (secondary N) is 2. The maximum absolute atomic E-state index is 12.3. The van der Waals surface area contributed by atoms with Crippen molar-refractivity contribution in [1.29, 1.82) is 0 Å². The molecule has 1 rings (SSSR count). The molecule has 0 aliphatic rings. The number of rotatable bonds is 9. The first kappa shape index (κ1) is 17.7. The molecule has 1 heterocycles. The number of hydrogen-bond donors (Lipinski definition) is 3. The van der Waals surface area contributed by atoms with Gasteiger partial charge in [0.15, 0.2) is 5.13 Å². The van der Waals surface area contributed by atoms with Gasteiger partial charge in [-0.15, -0.1) is 0 Å². The SMILES string of the molecule is CCCNc1nc(N)c(C(=O)NC(COCC)C(C)C)s1. The zero-order valence-electron chi connectivity index (χ0n) is 13.2. The Kier molecular flexibility index (Phi) is 7.45. The Morgan fingerprint density at radius 1 is 1.43 bits per heavy atom. The third-order valence-electron chi connectivity index (χ3n) is 3.01.